The van der Waals surface area contributed by atoms with E-state index in [2.05, 4.69) is 10.6 Å². The van der Waals surface area contributed by atoms with Crippen LogP contribution in [0.3, 0.4) is 0 Å². The van der Waals surface area contributed by atoms with Gasteiger partial charge in [-0.05, 0) is 44.0 Å². The molecule has 1 aromatic carbocycles. The standard InChI is InChI=1S/C15H21ClN2O3/c1-4-7-17-14(19)9-18-15(20)11(3)21-13-6-5-12(16)8-10(13)2/h5-6,8,11H,4,7,9H2,1-3H3,(H,17,19)(H,18,20). The number of amides is 2. The molecule has 2 amide bonds. The molecule has 0 aliphatic heterocycles. The summed E-state index contributed by atoms with van der Waals surface area (Å²) in [7, 11) is 0. The van der Waals surface area contributed by atoms with Crippen molar-refractivity contribution in [3.05, 3.63) is 28.8 Å². The first-order chi connectivity index (χ1) is 9.93. The van der Waals surface area contributed by atoms with Gasteiger partial charge in [0, 0.05) is 11.6 Å². The molecule has 2 N–H and O–H groups in total. The lowest BCUT2D eigenvalue weighted by Crippen LogP contribution is -2.42. The topological polar surface area (TPSA) is 67.4 Å². The first-order valence-corrected chi connectivity index (χ1v) is 7.29. The maximum absolute atomic E-state index is 11.9. The Labute approximate surface area is 130 Å². The van der Waals surface area contributed by atoms with Crippen LogP contribution in [0, 0.1) is 6.92 Å². The van der Waals surface area contributed by atoms with Gasteiger partial charge in [0.05, 0.1) is 6.54 Å². The summed E-state index contributed by atoms with van der Waals surface area (Å²) in [6.45, 7) is 6.00. The Morgan fingerprint density at radius 3 is 2.67 bits per heavy atom. The lowest BCUT2D eigenvalue weighted by Gasteiger charge is -2.16. The van der Waals surface area contributed by atoms with E-state index in [1.807, 2.05) is 13.8 Å². The average molecular weight is 313 g/mol. The van der Waals surface area contributed by atoms with Crippen LogP contribution in [0.2, 0.25) is 5.02 Å². The van der Waals surface area contributed by atoms with E-state index in [1.165, 1.54) is 0 Å². The van der Waals surface area contributed by atoms with Crippen molar-refractivity contribution >= 4 is 23.4 Å². The maximum atomic E-state index is 11.9. The van der Waals surface area contributed by atoms with Gasteiger partial charge in [-0.15, -0.1) is 0 Å². The summed E-state index contributed by atoms with van der Waals surface area (Å²) >= 11 is 5.86. The molecular weight excluding hydrogens is 292 g/mol. The number of benzene rings is 1. The van der Waals surface area contributed by atoms with E-state index >= 15 is 0 Å². The zero-order chi connectivity index (χ0) is 15.8. The molecule has 0 bridgehead atoms. The minimum atomic E-state index is -0.691. The largest absolute Gasteiger partial charge is 0.481 e. The van der Waals surface area contributed by atoms with Gasteiger partial charge in [0.2, 0.25) is 5.91 Å². The summed E-state index contributed by atoms with van der Waals surface area (Å²) in [5.41, 5.74) is 0.850. The van der Waals surface area contributed by atoms with Crippen molar-refractivity contribution in [2.75, 3.05) is 13.1 Å². The van der Waals surface area contributed by atoms with E-state index in [0.717, 1.165) is 12.0 Å². The fourth-order valence-electron chi connectivity index (χ4n) is 1.63. The van der Waals surface area contributed by atoms with Gasteiger partial charge in [0.1, 0.15) is 5.75 Å². The Kier molecular flexibility index (Phi) is 7.02. The highest BCUT2D eigenvalue weighted by atomic mass is 35.5. The molecule has 1 atom stereocenters. The monoisotopic (exact) mass is 312 g/mol. The summed E-state index contributed by atoms with van der Waals surface area (Å²) in [5.74, 6) is 0.0496. The molecular formula is C15H21ClN2O3. The number of carbonyl (C=O) groups excluding carboxylic acids is 2. The summed E-state index contributed by atoms with van der Waals surface area (Å²) in [4.78, 5) is 23.3. The van der Waals surface area contributed by atoms with Crippen LogP contribution < -0.4 is 15.4 Å². The molecule has 1 aromatic rings. The fraction of sp³-hybridized carbons (Fsp3) is 0.467. The minimum Gasteiger partial charge on any atom is -0.481 e. The van der Waals surface area contributed by atoms with Crippen LogP contribution in [0.25, 0.3) is 0 Å². The van der Waals surface area contributed by atoms with Crippen molar-refractivity contribution in [1.82, 2.24) is 10.6 Å². The lowest BCUT2D eigenvalue weighted by atomic mass is 10.2. The zero-order valence-electron chi connectivity index (χ0n) is 12.5. The maximum Gasteiger partial charge on any atom is 0.261 e. The molecule has 0 heterocycles. The third-order valence-electron chi connectivity index (χ3n) is 2.81. The van der Waals surface area contributed by atoms with Gasteiger partial charge in [-0.1, -0.05) is 18.5 Å². The van der Waals surface area contributed by atoms with Gasteiger partial charge in [-0.25, -0.2) is 0 Å². The SMILES string of the molecule is CCCNC(=O)CNC(=O)C(C)Oc1ccc(Cl)cc1C. The van der Waals surface area contributed by atoms with Crippen LogP contribution in [0.4, 0.5) is 0 Å². The smallest absolute Gasteiger partial charge is 0.261 e. The molecule has 1 unspecified atom stereocenters. The van der Waals surface area contributed by atoms with Crippen molar-refractivity contribution in [2.45, 2.75) is 33.3 Å². The summed E-state index contributed by atoms with van der Waals surface area (Å²) in [6, 6.07) is 5.18. The Morgan fingerprint density at radius 2 is 2.05 bits per heavy atom. The minimum absolute atomic E-state index is 0.0495. The van der Waals surface area contributed by atoms with Crippen LogP contribution in [0.5, 0.6) is 5.75 Å². The first kappa shape index (κ1) is 17.3. The molecule has 0 spiro atoms. The van der Waals surface area contributed by atoms with Crippen molar-refractivity contribution in [1.29, 1.82) is 0 Å². The molecule has 116 valence electrons. The van der Waals surface area contributed by atoms with Gasteiger partial charge < -0.3 is 15.4 Å². The molecule has 0 aromatic heterocycles. The molecule has 5 nitrogen and oxygen atoms in total. The highest BCUT2D eigenvalue weighted by Gasteiger charge is 2.16. The van der Waals surface area contributed by atoms with E-state index in [9.17, 15) is 9.59 Å². The molecule has 0 aliphatic carbocycles. The van der Waals surface area contributed by atoms with Gasteiger partial charge in [0.25, 0.3) is 5.91 Å². The van der Waals surface area contributed by atoms with Crippen molar-refractivity contribution in [3.63, 3.8) is 0 Å². The Balaban J connectivity index is 2.45. The Morgan fingerprint density at radius 1 is 1.33 bits per heavy atom. The average Bonchev–Trinajstić information content (AvgIpc) is 2.45. The zero-order valence-corrected chi connectivity index (χ0v) is 13.3. The van der Waals surface area contributed by atoms with E-state index in [4.69, 9.17) is 16.3 Å². The van der Waals surface area contributed by atoms with E-state index in [-0.39, 0.29) is 18.4 Å². The second kappa shape index (κ2) is 8.52. The van der Waals surface area contributed by atoms with E-state index < -0.39 is 6.10 Å². The number of halogens is 1. The number of rotatable bonds is 7. The number of carbonyl (C=O) groups is 2. The van der Waals surface area contributed by atoms with Crippen molar-refractivity contribution in [3.8, 4) is 5.75 Å². The van der Waals surface area contributed by atoms with Gasteiger partial charge >= 0.3 is 0 Å². The first-order valence-electron chi connectivity index (χ1n) is 6.91. The number of hydrogen-bond donors (Lipinski definition) is 2. The third-order valence-corrected chi connectivity index (χ3v) is 3.04. The fourth-order valence-corrected chi connectivity index (χ4v) is 1.85. The molecule has 0 radical (unpaired) electrons. The summed E-state index contributed by atoms with van der Waals surface area (Å²) in [5, 5.41) is 5.84. The predicted molar refractivity (Wildman–Crippen MR) is 82.6 cm³/mol. The van der Waals surface area contributed by atoms with E-state index in [0.29, 0.717) is 17.3 Å². The van der Waals surface area contributed by atoms with Crippen molar-refractivity contribution in [2.24, 2.45) is 0 Å². The molecule has 21 heavy (non-hydrogen) atoms. The van der Waals surface area contributed by atoms with Gasteiger partial charge in [-0.2, -0.15) is 0 Å². The van der Waals surface area contributed by atoms with E-state index in [1.54, 1.807) is 25.1 Å². The molecule has 0 saturated heterocycles. The van der Waals surface area contributed by atoms with Crippen molar-refractivity contribution < 1.29 is 14.3 Å². The number of hydrogen-bond acceptors (Lipinski definition) is 3. The number of aryl methyl sites for hydroxylation is 1. The molecule has 0 fully saturated rings. The summed E-state index contributed by atoms with van der Waals surface area (Å²) in [6.07, 6.45) is 0.165. The van der Waals surface area contributed by atoms with Crippen LogP contribution in [0.15, 0.2) is 18.2 Å². The number of ether oxygens (including phenoxy) is 1. The van der Waals surface area contributed by atoms with Crippen LogP contribution in [0.1, 0.15) is 25.8 Å². The molecule has 6 heteroatoms. The lowest BCUT2D eigenvalue weighted by molar-refractivity contribution is -0.130. The van der Waals surface area contributed by atoms with Crippen LogP contribution in [-0.2, 0) is 9.59 Å². The highest BCUT2D eigenvalue weighted by molar-refractivity contribution is 6.30. The quantitative estimate of drug-likeness (QED) is 0.810. The molecule has 1 rings (SSSR count). The number of nitrogens with one attached hydrogen (secondary N) is 2. The second-order valence-corrected chi connectivity index (χ2v) is 5.17. The predicted octanol–water partition coefficient (Wildman–Crippen LogP) is 2.06. The van der Waals surface area contributed by atoms with Crippen LogP contribution >= 0.6 is 11.6 Å². The summed E-state index contributed by atoms with van der Waals surface area (Å²) < 4.78 is 5.57. The second-order valence-electron chi connectivity index (χ2n) is 4.74. The van der Waals surface area contributed by atoms with Crippen LogP contribution in [-0.4, -0.2) is 31.0 Å². The Bertz CT molecular complexity index is 506. The highest BCUT2D eigenvalue weighted by Crippen LogP contribution is 2.22. The molecule has 0 saturated carbocycles. The molecule has 0 aliphatic rings. The third kappa shape index (κ3) is 6.04. The Hall–Kier alpha value is -1.75. The van der Waals surface area contributed by atoms with Gasteiger partial charge in [-0.3, -0.25) is 9.59 Å². The van der Waals surface area contributed by atoms with Gasteiger partial charge in [0.15, 0.2) is 6.10 Å². The normalized spacial score (nSPS) is 11.6.